The Morgan fingerprint density at radius 2 is 1.80 bits per heavy atom. The summed E-state index contributed by atoms with van der Waals surface area (Å²) < 4.78 is 15.1. The van der Waals surface area contributed by atoms with Crippen LogP contribution < -0.4 is 5.32 Å². The molecule has 0 aromatic carbocycles. The molecule has 0 aliphatic carbocycles. The molecule has 0 saturated carbocycles. The smallest absolute Gasteiger partial charge is 0.342 e. The number of methoxy groups -OCH3 is 2. The summed E-state index contributed by atoms with van der Waals surface area (Å²) in [5, 5.41) is 2.24. The van der Waals surface area contributed by atoms with Crippen LogP contribution in [0.15, 0.2) is 52.1 Å². The molecule has 3 aliphatic rings. The van der Waals surface area contributed by atoms with Crippen LogP contribution in [0.5, 0.6) is 0 Å². The Morgan fingerprint density at radius 1 is 1.13 bits per heavy atom. The Hall–Kier alpha value is -3.73. The van der Waals surface area contributed by atoms with E-state index in [9.17, 15) is 19.2 Å². The number of allylic oxidation sites excluding steroid dienone is 2. The highest BCUT2D eigenvalue weighted by molar-refractivity contribution is 6.19. The molecule has 1 saturated heterocycles. The van der Waals surface area contributed by atoms with Crippen LogP contribution in [0.1, 0.15) is 0 Å². The Kier molecular flexibility index (Phi) is 6.42. The second kappa shape index (κ2) is 9.18. The number of carbonyl (C=O) groups is 4. The SMILES string of the molecule is COC(=O)C1=C(\NC=O)C(=O)N2C=CC=C/C2=N/C(N2CCOCC2)=C\1C(=O)OC. The number of amidine groups is 1. The maximum Gasteiger partial charge on any atom is 0.342 e. The third-order valence-corrected chi connectivity index (χ3v) is 4.51. The molecular weight excluding hydrogens is 396 g/mol. The van der Waals surface area contributed by atoms with Crippen LogP contribution in [0, 0.1) is 0 Å². The van der Waals surface area contributed by atoms with E-state index >= 15 is 0 Å². The third kappa shape index (κ3) is 3.87. The van der Waals surface area contributed by atoms with E-state index in [-0.39, 0.29) is 23.6 Å². The van der Waals surface area contributed by atoms with E-state index in [2.05, 4.69) is 10.3 Å². The molecule has 0 atom stereocenters. The van der Waals surface area contributed by atoms with Gasteiger partial charge in [0.2, 0.25) is 6.41 Å². The minimum absolute atomic E-state index is 0.100. The highest BCUT2D eigenvalue weighted by Gasteiger charge is 2.38. The number of hydrogen-bond acceptors (Lipinski definition) is 9. The van der Waals surface area contributed by atoms with Crippen molar-refractivity contribution in [3.8, 4) is 0 Å². The van der Waals surface area contributed by atoms with Gasteiger partial charge in [0, 0.05) is 19.3 Å². The average Bonchev–Trinajstić information content (AvgIpc) is 2.79. The van der Waals surface area contributed by atoms with Gasteiger partial charge in [-0.05, 0) is 12.2 Å². The van der Waals surface area contributed by atoms with Gasteiger partial charge in [-0.1, -0.05) is 6.08 Å². The Balaban J connectivity index is 2.40. The van der Waals surface area contributed by atoms with E-state index in [1.165, 1.54) is 6.20 Å². The summed E-state index contributed by atoms with van der Waals surface area (Å²) in [7, 11) is 2.23. The molecule has 3 rings (SSSR count). The quantitative estimate of drug-likeness (QED) is 0.456. The Bertz CT molecular complexity index is 923. The molecule has 1 N–H and O–H groups in total. The topological polar surface area (TPSA) is 127 Å². The highest BCUT2D eigenvalue weighted by Crippen LogP contribution is 2.29. The number of carbonyl (C=O) groups excluding carboxylic acids is 4. The molecular formula is C19H20N4O7. The lowest BCUT2D eigenvalue weighted by molar-refractivity contribution is -0.140. The lowest BCUT2D eigenvalue weighted by atomic mass is 10.0. The van der Waals surface area contributed by atoms with Crippen molar-refractivity contribution in [1.29, 1.82) is 0 Å². The maximum atomic E-state index is 13.2. The third-order valence-electron chi connectivity index (χ3n) is 4.51. The van der Waals surface area contributed by atoms with Crippen LogP contribution in [0.3, 0.4) is 0 Å². The summed E-state index contributed by atoms with van der Waals surface area (Å²) in [6.45, 7) is 1.51. The first kappa shape index (κ1) is 21.0. The van der Waals surface area contributed by atoms with Gasteiger partial charge in [0.15, 0.2) is 0 Å². The van der Waals surface area contributed by atoms with Crippen LogP contribution in [0.4, 0.5) is 0 Å². The number of amides is 2. The zero-order valence-electron chi connectivity index (χ0n) is 16.4. The molecule has 3 aliphatic heterocycles. The minimum Gasteiger partial charge on any atom is -0.465 e. The van der Waals surface area contributed by atoms with Crippen molar-refractivity contribution in [2.24, 2.45) is 4.99 Å². The van der Waals surface area contributed by atoms with Crippen LogP contribution in [-0.2, 0) is 33.4 Å². The van der Waals surface area contributed by atoms with E-state index in [1.807, 2.05) is 0 Å². The molecule has 11 nitrogen and oxygen atoms in total. The molecule has 2 amide bonds. The second-order valence-electron chi connectivity index (χ2n) is 6.14. The van der Waals surface area contributed by atoms with E-state index < -0.39 is 29.1 Å². The summed E-state index contributed by atoms with van der Waals surface area (Å²) in [5.74, 6) is -2.40. The first-order valence-electron chi connectivity index (χ1n) is 8.99. The van der Waals surface area contributed by atoms with Crippen molar-refractivity contribution < 1.29 is 33.4 Å². The normalized spacial score (nSPS) is 25.5. The Morgan fingerprint density at radius 3 is 2.43 bits per heavy atom. The number of nitrogens with one attached hydrogen (secondary N) is 1. The first-order chi connectivity index (χ1) is 14.5. The van der Waals surface area contributed by atoms with Crippen molar-refractivity contribution in [1.82, 2.24) is 15.1 Å². The molecule has 0 spiro atoms. The van der Waals surface area contributed by atoms with Crippen molar-refractivity contribution in [3.63, 3.8) is 0 Å². The highest BCUT2D eigenvalue weighted by atomic mass is 16.5. The van der Waals surface area contributed by atoms with Crippen molar-refractivity contribution in [3.05, 3.63) is 47.1 Å². The number of fused-ring (bicyclic) bond motifs is 1. The molecule has 1 fully saturated rings. The maximum absolute atomic E-state index is 13.2. The van der Waals surface area contributed by atoms with Gasteiger partial charge in [0.1, 0.15) is 28.5 Å². The van der Waals surface area contributed by atoms with Crippen LogP contribution in [-0.4, -0.2) is 80.4 Å². The van der Waals surface area contributed by atoms with Gasteiger partial charge < -0.3 is 24.4 Å². The summed E-state index contributed by atoms with van der Waals surface area (Å²) >= 11 is 0. The van der Waals surface area contributed by atoms with E-state index in [1.54, 1.807) is 23.1 Å². The fraction of sp³-hybridized carbons (Fsp3) is 0.316. The molecule has 0 radical (unpaired) electrons. The molecule has 11 heteroatoms. The largest absolute Gasteiger partial charge is 0.465 e. The minimum atomic E-state index is -1.01. The van der Waals surface area contributed by atoms with E-state index in [4.69, 9.17) is 14.2 Å². The molecule has 0 aromatic heterocycles. The zero-order chi connectivity index (χ0) is 21.7. The monoisotopic (exact) mass is 416 g/mol. The predicted molar refractivity (Wildman–Crippen MR) is 102 cm³/mol. The summed E-state index contributed by atoms with van der Waals surface area (Å²) in [6, 6.07) is 0. The molecule has 3 heterocycles. The Labute approximate surface area is 171 Å². The van der Waals surface area contributed by atoms with Gasteiger partial charge in [-0.25, -0.2) is 14.6 Å². The second-order valence-corrected chi connectivity index (χ2v) is 6.14. The van der Waals surface area contributed by atoms with Gasteiger partial charge in [-0.15, -0.1) is 0 Å². The number of ether oxygens (including phenoxy) is 3. The number of hydrogen-bond donors (Lipinski definition) is 1. The van der Waals surface area contributed by atoms with Crippen LogP contribution >= 0.6 is 0 Å². The average molecular weight is 416 g/mol. The van der Waals surface area contributed by atoms with Gasteiger partial charge in [-0.2, -0.15) is 0 Å². The summed E-state index contributed by atoms with van der Waals surface area (Å²) in [6.07, 6.45) is 6.49. The van der Waals surface area contributed by atoms with Crippen molar-refractivity contribution in [2.75, 3.05) is 40.5 Å². The van der Waals surface area contributed by atoms with Gasteiger partial charge in [0.05, 0.1) is 27.4 Å². The number of rotatable bonds is 5. The fourth-order valence-electron chi connectivity index (χ4n) is 3.12. The number of esters is 2. The molecule has 158 valence electrons. The van der Waals surface area contributed by atoms with Crippen LogP contribution in [0.2, 0.25) is 0 Å². The lowest BCUT2D eigenvalue weighted by Gasteiger charge is -2.33. The standard InChI is InChI=1S/C19H20N4O7/c1-28-18(26)13-14(19(27)29-2)16(22-7-9-30-10-8-22)21-12-5-3-4-6-23(12)17(25)15(13)20-11-24/h3-6,11H,7-10H2,1-2H3,(H,20,24)/b15-13-,16-14-,21-12-. The van der Waals surface area contributed by atoms with Gasteiger partial charge in [-0.3, -0.25) is 14.5 Å². The molecule has 30 heavy (non-hydrogen) atoms. The number of morpholine rings is 1. The molecule has 0 aromatic rings. The van der Waals surface area contributed by atoms with Gasteiger partial charge in [0.25, 0.3) is 5.91 Å². The van der Waals surface area contributed by atoms with Crippen molar-refractivity contribution in [2.45, 2.75) is 0 Å². The van der Waals surface area contributed by atoms with E-state index in [0.29, 0.717) is 26.3 Å². The van der Waals surface area contributed by atoms with Crippen molar-refractivity contribution >= 4 is 30.1 Å². The number of nitrogens with zero attached hydrogens (tertiary/aromatic N) is 3. The van der Waals surface area contributed by atoms with Crippen LogP contribution in [0.25, 0.3) is 0 Å². The molecule has 0 unspecified atom stereocenters. The lowest BCUT2D eigenvalue weighted by Crippen LogP contribution is -2.43. The number of aliphatic imine (C=N–C) groups is 1. The predicted octanol–water partition coefficient (Wildman–Crippen LogP) is -0.799. The van der Waals surface area contributed by atoms with Gasteiger partial charge >= 0.3 is 11.9 Å². The summed E-state index contributed by atoms with van der Waals surface area (Å²) in [5.41, 5.74) is -1.18. The summed E-state index contributed by atoms with van der Waals surface area (Å²) in [4.78, 5) is 57.4. The zero-order valence-corrected chi connectivity index (χ0v) is 16.4. The molecule has 0 bridgehead atoms. The van der Waals surface area contributed by atoms with E-state index in [0.717, 1.165) is 19.1 Å². The fourth-order valence-corrected chi connectivity index (χ4v) is 3.12. The first-order valence-corrected chi connectivity index (χ1v) is 8.99.